The Balaban J connectivity index is 3.65. The number of rotatable bonds is 11. The first kappa shape index (κ1) is 18.1. The molecule has 3 N–H and O–H groups in total. The Morgan fingerprint density at radius 3 is 2.58 bits per heavy atom. The van der Waals surface area contributed by atoms with E-state index in [1.54, 1.807) is 0 Å². The standard InChI is InChI=1S/C15H30N2O2/c1-12(2)11-19-10-9-17-15(18)6-5-14(7-8-16)13(3)4/h13-14H,1,5-11,16H2,2-4H3,(H,17,18). The van der Waals surface area contributed by atoms with Gasteiger partial charge < -0.3 is 15.8 Å². The number of hydrogen-bond acceptors (Lipinski definition) is 3. The predicted molar refractivity (Wildman–Crippen MR) is 79.9 cm³/mol. The summed E-state index contributed by atoms with van der Waals surface area (Å²) in [5.74, 6) is 1.22. The van der Waals surface area contributed by atoms with E-state index >= 15 is 0 Å². The highest BCUT2D eigenvalue weighted by molar-refractivity contribution is 5.75. The van der Waals surface area contributed by atoms with Gasteiger partial charge in [0.1, 0.15) is 0 Å². The molecule has 0 saturated heterocycles. The van der Waals surface area contributed by atoms with Gasteiger partial charge in [0.15, 0.2) is 0 Å². The second-order valence-corrected chi connectivity index (χ2v) is 5.48. The summed E-state index contributed by atoms with van der Waals surface area (Å²) < 4.78 is 5.32. The van der Waals surface area contributed by atoms with Crippen LogP contribution in [0.3, 0.4) is 0 Å². The Morgan fingerprint density at radius 1 is 1.37 bits per heavy atom. The minimum absolute atomic E-state index is 0.0987. The first-order valence-electron chi connectivity index (χ1n) is 7.16. The molecule has 0 fully saturated rings. The van der Waals surface area contributed by atoms with Crippen LogP contribution < -0.4 is 11.1 Å². The predicted octanol–water partition coefficient (Wildman–Crippen LogP) is 2.10. The summed E-state index contributed by atoms with van der Waals surface area (Å²) in [7, 11) is 0. The number of hydrogen-bond donors (Lipinski definition) is 2. The molecule has 4 heteroatoms. The molecule has 19 heavy (non-hydrogen) atoms. The average molecular weight is 270 g/mol. The van der Waals surface area contributed by atoms with E-state index in [-0.39, 0.29) is 5.91 Å². The number of nitrogens with two attached hydrogens (primary N) is 1. The highest BCUT2D eigenvalue weighted by Crippen LogP contribution is 2.20. The lowest BCUT2D eigenvalue weighted by Gasteiger charge is -2.19. The van der Waals surface area contributed by atoms with Crippen LogP contribution in [-0.2, 0) is 9.53 Å². The lowest BCUT2D eigenvalue weighted by molar-refractivity contribution is -0.121. The molecule has 0 heterocycles. The summed E-state index contributed by atoms with van der Waals surface area (Å²) in [5.41, 5.74) is 6.58. The fourth-order valence-electron chi connectivity index (χ4n) is 1.94. The molecule has 0 aliphatic carbocycles. The zero-order valence-electron chi connectivity index (χ0n) is 12.7. The van der Waals surface area contributed by atoms with Gasteiger partial charge in [-0.2, -0.15) is 0 Å². The summed E-state index contributed by atoms with van der Waals surface area (Å²) in [6, 6.07) is 0. The van der Waals surface area contributed by atoms with Gasteiger partial charge in [-0.1, -0.05) is 26.0 Å². The third-order valence-corrected chi connectivity index (χ3v) is 3.14. The van der Waals surface area contributed by atoms with E-state index in [9.17, 15) is 4.79 Å². The molecule has 1 atom stereocenters. The van der Waals surface area contributed by atoms with E-state index in [1.807, 2.05) is 6.92 Å². The van der Waals surface area contributed by atoms with Gasteiger partial charge in [0, 0.05) is 13.0 Å². The maximum Gasteiger partial charge on any atom is 0.220 e. The molecular formula is C15H30N2O2. The van der Waals surface area contributed by atoms with Crippen LogP contribution in [0.4, 0.5) is 0 Å². The van der Waals surface area contributed by atoms with Crippen molar-refractivity contribution in [1.82, 2.24) is 5.32 Å². The third-order valence-electron chi connectivity index (χ3n) is 3.14. The van der Waals surface area contributed by atoms with E-state index in [1.165, 1.54) is 0 Å². The summed E-state index contributed by atoms with van der Waals surface area (Å²) >= 11 is 0. The number of ether oxygens (including phenoxy) is 1. The highest BCUT2D eigenvalue weighted by Gasteiger charge is 2.14. The second-order valence-electron chi connectivity index (χ2n) is 5.48. The fourth-order valence-corrected chi connectivity index (χ4v) is 1.94. The number of amides is 1. The van der Waals surface area contributed by atoms with Crippen molar-refractivity contribution in [3.05, 3.63) is 12.2 Å². The molecule has 0 aliphatic heterocycles. The van der Waals surface area contributed by atoms with E-state index in [4.69, 9.17) is 10.5 Å². The van der Waals surface area contributed by atoms with Crippen molar-refractivity contribution < 1.29 is 9.53 Å². The molecule has 0 aromatic rings. The minimum atomic E-state index is 0.0987. The Kier molecular flexibility index (Phi) is 10.5. The summed E-state index contributed by atoms with van der Waals surface area (Å²) in [4.78, 5) is 11.7. The molecule has 112 valence electrons. The van der Waals surface area contributed by atoms with Gasteiger partial charge in [0.2, 0.25) is 5.91 Å². The quantitative estimate of drug-likeness (QED) is 0.446. The topological polar surface area (TPSA) is 64.3 Å². The highest BCUT2D eigenvalue weighted by atomic mass is 16.5. The number of carbonyl (C=O) groups excluding carboxylic acids is 1. The van der Waals surface area contributed by atoms with Crippen molar-refractivity contribution in [3.63, 3.8) is 0 Å². The van der Waals surface area contributed by atoms with Gasteiger partial charge in [0.25, 0.3) is 0 Å². The average Bonchev–Trinajstić information content (AvgIpc) is 2.33. The zero-order chi connectivity index (χ0) is 14.7. The van der Waals surface area contributed by atoms with Crippen molar-refractivity contribution in [3.8, 4) is 0 Å². The van der Waals surface area contributed by atoms with Crippen molar-refractivity contribution in [1.29, 1.82) is 0 Å². The molecule has 0 spiro atoms. The molecular weight excluding hydrogens is 240 g/mol. The molecule has 0 rings (SSSR count). The van der Waals surface area contributed by atoms with Crippen LogP contribution in [0.15, 0.2) is 12.2 Å². The van der Waals surface area contributed by atoms with Crippen LogP contribution in [0.5, 0.6) is 0 Å². The van der Waals surface area contributed by atoms with Gasteiger partial charge in [-0.25, -0.2) is 0 Å². The number of carbonyl (C=O) groups is 1. The monoisotopic (exact) mass is 270 g/mol. The first-order valence-corrected chi connectivity index (χ1v) is 7.16. The Labute approximate surface area is 117 Å². The Morgan fingerprint density at radius 2 is 2.05 bits per heavy atom. The van der Waals surface area contributed by atoms with Gasteiger partial charge in [-0.05, 0) is 38.1 Å². The summed E-state index contributed by atoms with van der Waals surface area (Å²) in [6.07, 6.45) is 2.48. The minimum Gasteiger partial charge on any atom is -0.375 e. The maximum absolute atomic E-state index is 11.7. The van der Waals surface area contributed by atoms with E-state index < -0.39 is 0 Å². The van der Waals surface area contributed by atoms with Gasteiger partial charge in [-0.15, -0.1) is 0 Å². The molecule has 0 aliphatic rings. The number of nitrogens with one attached hydrogen (secondary N) is 1. The van der Waals surface area contributed by atoms with Crippen LogP contribution in [0.1, 0.15) is 40.0 Å². The molecule has 0 saturated carbocycles. The largest absolute Gasteiger partial charge is 0.375 e. The lowest BCUT2D eigenvalue weighted by atomic mass is 9.88. The molecule has 0 aromatic carbocycles. The molecule has 0 radical (unpaired) electrons. The first-order chi connectivity index (χ1) is 8.97. The SMILES string of the molecule is C=C(C)COCCNC(=O)CCC(CCN)C(C)C. The van der Waals surface area contributed by atoms with Crippen LogP contribution in [0.2, 0.25) is 0 Å². The normalized spacial score (nSPS) is 12.5. The van der Waals surface area contributed by atoms with Crippen molar-refractivity contribution in [2.24, 2.45) is 17.6 Å². The van der Waals surface area contributed by atoms with E-state index in [0.29, 0.717) is 44.6 Å². The maximum atomic E-state index is 11.7. The van der Waals surface area contributed by atoms with Crippen LogP contribution in [0.25, 0.3) is 0 Å². The molecule has 0 bridgehead atoms. The van der Waals surface area contributed by atoms with Gasteiger partial charge >= 0.3 is 0 Å². The Bertz CT molecular complexity index is 265. The van der Waals surface area contributed by atoms with Crippen molar-refractivity contribution >= 4 is 5.91 Å². The Hall–Kier alpha value is -0.870. The van der Waals surface area contributed by atoms with E-state index in [0.717, 1.165) is 18.4 Å². The van der Waals surface area contributed by atoms with Crippen LogP contribution >= 0.6 is 0 Å². The van der Waals surface area contributed by atoms with Crippen molar-refractivity contribution in [2.75, 3.05) is 26.3 Å². The van der Waals surface area contributed by atoms with E-state index in [2.05, 4.69) is 25.7 Å². The zero-order valence-corrected chi connectivity index (χ0v) is 12.7. The van der Waals surface area contributed by atoms with Crippen LogP contribution in [-0.4, -0.2) is 32.2 Å². The molecule has 4 nitrogen and oxygen atoms in total. The molecule has 1 unspecified atom stereocenters. The third kappa shape index (κ3) is 10.7. The van der Waals surface area contributed by atoms with Gasteiger partial charge in [-0.3, -0.25) is 4.79 Å². The molecule has 0 aromatic heterocycles. The van der Waals surface area contributed by atoms with Crippen molar-refractivity contribution in [2.45, 2.75) is 40.0 Å². The van der Waals surface area contributed by atoms with Gasteiger partial charge in [0.05, 0.1) is 13.2 Å². The molecule has 1 amide bonds. The smallest absolute Gasteiger partial charge is 0.220 e. The fraction of sp³-hybridized carbons (Fsp3) is 0.800. The summed E-state index contributed by atoms with van der Waals surface area (Å²) in [5, 5.41) is 2.87. The second kappa shape index (κ2) is 11.0. The lowest BCUT2D eigenvalue weighted by Crippen LogP contribution is -2.28. The summed E-state index contributed by atoms with van der Waals surface area (Å²) in [6.45, 7) is 12.4. The van der Waals surface area contributed by atoms with Crippen LogP contribution in [0, 0.1) is 11.8 Å².